The van der Waals surface area contributed by atoms with Gasteiger partial charge in [-0.25, -0.2) is 18.4 Å². The van der Waals surface area contributed by atoms with Crippen LogP contribution in [0.4, 0.5) is 5.69 Å². The Morgan fingerprint density at radius 2 is 1.90 bits per heavy atom. The summed E-state index contributed by atoms with van der Waals surface area (Å²) in [6.45, 7) is 3.40. The van der Waals surface area contributed by atoms with Crippen molar-refractivity contribution in [1.82, 2.24) is 0 Å². The number of amides is 1. The zero-order valence-electron chi connectivity index (χ0n) is 16.3. The van der Waals surface area contributed by atoms with Crippen LogP contribution in [0.15, 0.2) is 47.4 Å². The van der Waals surface area contributed by atoms with E-state index in [1.165, 1.54) is 26.2 Å². The lowest BCUT2D eigenvalue weighted by atomic mass is 10.1. The fourth-order valence-corrected chi connectivity index (χ4v) is 3.94. The zero-order chi connectivity index (χ0) is 21.3. The van der Waals surface area contributed by atoms with Gasteiger partial charge in [-0.15, -0.1) is 0 Å². The number of anilines is 1. The van der Waals surface area contributed by atoms with Crippen molar-refractivity contribution in [3.63, 3.8) is 0 Å². The number of sulfonamides is 1. The highest BCUT2D eigenvalue weighted by molar-refractivity contribution is 7.89. The van der Waals surface area contributed by atoms with Gasteiger partial charge in [0.2, 0.25) is 10.0 Å². The van der Waals surface area contributed by atoms with Crippen molar-refractivity contribution in [1.29, 1.82) is 0 Å². The molecule has 0 aliphatic carbocycles. The van der Waals surface area contributed by atoms with Crippen molar-refractivity contribution in [2.45, 2.75) is 37.3 Å². The minimum absolute atomic E-state index is 0.0682. The molecule has 1 aliphatic heterocycles. The quantitative estimate of drug-likeness (QED) is 0.741. The lowest BCUT2D eigenvalue weighted by Crippen LogP contribution is -2.43. The number of ether oxygens (including phenoxy) is 2. The predicted molar refractivity (Wildman–Crippen MR) is 106 cm³/mol. The third-order valence-electron chi connectivity index (χ3n) is 4.80. The number of benzene rings is 2. The number of hydrogen-bond donors (Lipinski definition) is 1. The molecule has 0 saturated carbocycles. The Morgan fingerprint density at radius 3 is 2.55 bits per heavy atom. The maximum atomic E-state index is 13.0. The standard InChI is InChI=1S/C20H22N2O6S/c1-12-10-14-6-4-5-7-17(14)22(12)19(23)13(2)28-20(24)16-11-15(29(21,25)26)8-9-18(16)27-3/h4-9,11-13H,10H2,1-3H3,(H2,21,25,26)/t12-,13-/m1/s1. The first-order valence-electron chi connectivity index (χ1n) is 8.96. The lowest BCUT2D eigenvalue weighted by Gasteiger charge is -2.26. The van der Waals surface area contributed by atoms with Gasteiger partial charge in [0.25, 0.3) is 5.91 Å². The molecule has 154 valence electrons. The summed E-state index contributed by atoms with van der Waals surface area (Å²) in [4.78, 5) is 27.0. The molecule has 1 aliphatic rings. The molecular weight excluding hydrogens is 396 g/mol. The van der Waals surface area contributed by atoms with Crippen LogP contribution >= 0.6 is 0 Å². The Hall–Kier alpha value is -2.91. The van der Waals surface area contributed by atoms with Crippen LogP contribution in [0.25, 0.3) is 0 Å². The molecule has 0 fully saturated rings. The average Bonchev–Trinajstić information content (AvgIpc) is 3.01. The van der Waals surface area contributed by atoms with E-state index >= 15 is 0 Å². The summed E-state index contributed by atoms with van der Waals surface area (Å²) in [5.41, 5.74) is 1.71. The highest BCUT2D eigenvalue weighted by Gasteiger charge is 2.35. The van der Waals surface area contributed by atoms with E-state index < -0.39 is 22.1 Å². The summed E-state index contributed by atoms with van der Waals surface area (Å²) in [6, 6.07) is 11.1. The van der Waals surface area contributed by atoms with E-state index in [1.807, 2.05) is 31.2 Å². The molecule has 0 radical (unpaired) electrons. The number of carbonyl (C=O) groups is 2. The van der Waals surface area contributed by atoms with E-state index in [9.17, 15) is 18.0 Å². The maximum Gasteiger partial charge on any atom is 0.342 e. The third kappa shape index (κ3) is 4.10. The number of hydrogen-bond acceptors (Lipinski definition) is 6. The highest BCUT2D eigenvalue weighted by atomic mass is 32.2. The van der Waals surface area contributed by atoms with E-state index in [1.54, 1.807) is 4.90 Å². The van der Waals surface area contributed by atoms with Crippen LogP contribution in [0.2, 0.25) is 0 Å². The Bertz CT molecular complexity index is 1070. The average molecular weight is 418 g/mol. The van der Waals surface area contributed by atoms with Gasteiger partial charge >= 0.3 is 5.97 Å². The minimum atomic E-state index is -4.02. The highest BCUT2D eigenvalue weighted by Crippen LogP contribution is 2.32. The molecule has 0 bridgehead atoms. The van der Waals surface area contributed by atoms with Gasteiger partial charge in [-0.2, -0.15) is 0 Å². The largest absolute Gasteiger partial charge is 0.496 e. The molecule has 1 amide bonds. The van der Waals surface area contributed by atoms with Crippen molar-refractivity contribution in [2.24, 2.45) is 5.14 Å². The van der Waals surface area contributed by atoms with Crippen LogP contribution in [0.3, 0.4) is 0 Å². The van der Waals surface area contributed by atoms with Crippen LogP contribution in [0.5, 0.6) is 5.75 Å². The normalized spacial score (nSPS) is 16.8. The Kier molecular flexibility index (Phi) is 5.63. The molecule has 0 saturated heterocycles. The number of nitrogens with zero attached hydrogens (tertiary/aromatic N) is 1. The summed E-state index contributed by atoms with van der Waals surface area (Å²) in [7, 11) is -2.69. The molecule has 9 heteroatoms. The van der Waals surface area contributed by atoms with Gasteiger partial charge < -0.3 is 14.4 Å². The Balaban J connectivity index is 1.83. The number of methoxy groups -OCH3 is 1. The SMILES string of the molecule is COc1ccc(S(N)(=O)=O)cc1C(=O)O[C@H](C)C(=O)N1c2ccccc2C[C@H]1C. The van der Waals surface area contributed by atoms with E-state index in [2.05, 4.69) is 0 Å². The van der Waals surface area contributed by atoms with E-state index in [0.717, 1.165) is 17.3 Å². The molecule has 8 nitrogen and oxygen atoms in total. The molecule has 2 atom stereocenters. The number of nitrogens with two attached hydrogens (primary N) is 1. The summed E-state index contributed by atoms with van der Waals surface area (Å²) in [6.07, 6.45) is -0.369. The van der Waals surface area contributed by atoms with Crippen molar-refractivity contribution < 1.29 is 27.5 Å². The summed E-state index contributed by atoms with van der Waals surface area (Å²) >= 11 is 0. The minimum Gasteiger partial charge on any atom is -0.496 e. The van der Waals surface area contributed by atoms with Crippen LogP contribution in [0, 0.1) is 0 Å². The molecule has 0 spiro atoms. The van der Waals surface area contributed by atoms with Crippen molar-refractivity contribution in [3.05, 3.63) is 53.6 Å². The Morgan fingerprint density at radius 1 is 1.21 bits per heavy atom. The van der Waals surface area contributed by atoms with Gasteiger partial charge in [-0.3, -0.25) is 4.79 Å². The first-order valence-corrected chi connectivity index (χ1v) is 10.5. The summed E-state index contributed by atoms with van der Waals surface area (Å²) in [5, 5.41) is 5.13. The van der Waals surface area contributed by atoms with Crippen molar-refractivity contribution in [3.8, 4) is 5.75 Å². The van der Waals surface area contributed by atoms with E-state index in [0.29, 0.717) is 6.42 Å². The lowest BCUT2D eigenvalue weighted by molar-refractivity contribution is -0.126. The monoisotopic (exact) mass is 418 g/mol. The summed E-state index contributed by atoms with van der Waals surface area (Å²) < 4.78 is 33.6. The topological polar surface area (TPSA) is 116 Å². The molecule has 0 unspecified atom stereocenters. The molecule has 2 aromatic rings. The van der Waals surface area contributed by atoms with Crippen LogP contribution in [-0.2, 0) is 26.0 Å². The first kappa shape index (κ1) is 20.8. The van der Waals surface area contributed by atoms with Gasteiger partial charge in [0.05, 0.1) is 12.0 Å². The maximum absolute atomic E-state index is 13.0. The number of esters is 1. The molecule has 2 aromatic carbocycles. The molecular formula is C20H22N2O6S. The first-order chi connectivity index (χ1) is 13.6. The second-order valence-electron chi connectivity index (χ2n) is 6.84. The van der Waals surface area contributed by atoms with E-state index in [-0.39, 0.29) is 28.2 Å². The molecule has 3 rings (SSSR count). The summed E-state index contributed by atoms with van der Waals surface area (Å²) in [5.74, 6) is -1.13. The Labute approximate surface area is 169 Å². The van der Waals surface area contributed by atoms with Crippen LogP contribution < -0.4 is 14.8 Å². The molecule has 29 heavy (non-hydrogen) atoms. The van der Waals surface area contributed by atoms with E-state index in [4.69, 9.17) is 14.6 Å². The number of primary sulfonamides is 1. The van der Waals surface area contributed by atoms with Gasteiger partial charge in [0.1, 0.15) is 11.3 Å². The predicted octanol–water partition coefficient (Wildman–Crippen LogP) is 1.87. The zero-order valence-corrected chi connectivity index (χ0v) is 17.1. The van der Waals surface area contributed by atoms with Gasteiger partial charge in [0, 0.05) is 11.7 Å². The fourth-order valence-electron chi connectivity index (χ4n) is 3.40. The van der Waals surface area contributed by atoms with Gasteiger partial charge in [-0.05, 0) is 50.1 Å². The van der Waals surface area contributed by atoms with Crippen molar-refractivity contribution in [2.75, 3.05) is 12.0 Å². The number of fused-ring (bicyclic) bond motifs is 1. The third-order valence-corrected chi connectivity index (χ3v) is 5.71. The smallest absolute Gasteiger partial charge is 0.342 e. The number of rotatable bonds is 5. The van der Waals surface area contributed by atoms with Crippen molar-refractivity contribution >= 4 is 27.6 Å². The fraction of sp³-hybridized carbons (Fsp3) is 0.300. The molecule has 2 N–H and O–H groups in total. The number of para-hydroxylation sites is 1. The second-order valence-corrected chi connectivity index (χ2v) is 8.41. The van der Waals surface area contributed by atoms with Gasteiger partial charge in [-0.1, -0.05) is 18.2 Å². The molecule has 1 heterocycles. The molecule has 0 aromatic heterocycles. The van der Waals surface area contributed by atoms with Gasteiger partial charge in [0.15, 0.2) is 6.10 Å². The second kappa shape index (κ2) is 7.84. The number of carbonyl (C=O) groups excluding carboxylic acids is 2. The van der Waals surface area contributed by atoms with Crippen LogP contribution in [-0.4, -0.2) is 39.5 Å². The van der Waals surface area contributed by atoms with Crippen LogP contribution in [0.1, 0.15) is 29.8 Å².